The number of piperidine rings is 1. The Bertz CT molecular complexity index is 1220. The Morgan fingerprint density at radius 1 is 1.14 bits per heavy atom. The zero-order chi connectivity index (χ0) is 24.6. The van der Waals surface area contributed by atoms with Gasteiger partial charge < -0.3 is 10.2 Å². The lowest BCUT2D eigenvalue weighted by Gasteiger charge is -2.35. The fraction of sp³-hybridized carbons (Fsp3) is 0.444. The third-order valence-electron chi connectivity index (χ3n) is 6.64. The maximum atomic E-state index is 13.3. The van der Waals surface area contributed by atoms with E-state index in [9.17, 15) is 9.59 Å². The van der Waals surface area contributed by atoms with Crippen LogP contribution in [0.5, 0.6) is 0 Å². The molecule has 1 aromatic heterocycles. The molecule has 0 aliphatic carbocycles. The Kier molecular flexibility index (Phi) is 9.24. The van der Waals surface area contributed by atoms with Crippen molar-refractivity contribution >= 4 is 40.2 Å². The number of thioether (sulfide) groups is 1. The van der Waals surface area contributed by atoms with Crippen LogP contribution in [0.3, 0.4) is 0 Å². The molecule has 35 heavy (non-hydrogen) atoms. The number of carbonyl (C=O) groups is 1. The summed E-state index contributed by atoms with van der Waals surface area (Å²) in [6, 6.07) is 15.5. The number of nitrogens with one attached hydrogen (secondary N) is 1. The normalized spacial score (nSPS) is 16.5. The topological polar surface area (TPSA) is 67.2 Å². The summed E-state index contributed by atoms with van der Waals surface area (Å²) in [4.78, 5) is 33.2. The summed E-state index contributed by atoms with van der Waals surface area (Å²) in [6.45, 7) is 5.32. The molecule has 0 bridgehead atoms. The third kappa shape index (κ3) is 6.66. The van der Waals surface area contributed by atoms with Gasteiger partial charge in [-0.1, -0.05) is 67.0 Å². The number of benzene rings is 2. The molecule has 0 unspecified atom stereocenters. The zero-order valence-corrected chi connectivity index (χ0v) is 21.8. The van der Waals surface area contributed by atoms with Gasteiger partial charge in [0.2, 0.25) is 5.91 Å². The van der Waals surface area contributed by atoms with Crippen molar-refractivity contribution < 1.29 is 4.79 Å². The molecule has 1 amide bonds. The van der Waals surface area contributed by atoms with Crippen molar-refractivity contribution in [1.82, 2.24) is 19.8 Å². The summed E-state index contributed by atoms with van der Waals surface area (Å²) in [5.41, 5.74) is 1.49. The van der Waals surface area contributed by atoms with E-state index >= 15 is 0 Å². The van der Waals surface area contributed by atoms with Crippen LogP contribution in [0.15, 0.2) is 58.5 Å². The van der Waals surface area contributed by atoms with Crippen LogP contribution in [0.4, 0.5) is 0 Å². The van der Waals surface area contributed by atoms with Crippen molar-refractivity contribution in [2.45, 2.75) is 63.3 Å². The highest BCUT2D eigenvalue weighted by atomic mass is 35.5. The maximum Gasteiger partial charge on any atom is 0.262 e. The predicted molar refractivity (Wildman–Crippen MR) is 144 cm³/mol. The van der Waals surface area contributed by atoms with Gasteiger partial charge >= 0.3 is 0 Å². The van der Waals surface area contributed by atoms with E-state index in [0.717, 1.165) is 25.1 Å². The number of likely N-dealkylation sites (tertiary alicyclic amines) is 1. The summed E-state index contributed by atoms with van der Waals surface area (Å²) in [7, 11) is 0. The fourth-order valence-corrected chi connectivity index (χ4v) is 5.78. The first-order chi connectivity index (χ1) is 17.1. The molecule has 2 aromatic carbocycles. The lowest BCUT2D eigenvalue weighted by molar-refractivity contribution is -0.118. The summed E-state index contributed by atoms with van der Waals surface area (Å²) >= 11 is 7.50. The largest absolute Gasteiger partial charge is 0.351 e. The van der Waals surface area contributed by atoms with Crippen molar-refractivity contribution in [1.29, 1.82) is 0 Å². The molecule has 0 saturated carbocycles. The van der Waals surface area contributed by atoms with E-state index in [0.29, 0.717) is 40.2 Å². The molecule has 0 radical (unpaired) electrons. The van der Waals surface area contributed by atoms with Gasteiger partial charge in [-0.3, -0.25) is 14.2 Å². The van der Waals surface area contributed by atoms with E-state index in [1.807, 2.05) is 48.5 Å². The van der Waals surface area contributed by atoms with E-state index in [1.54, 1.807) is 4.57 Å². The first-order valence-electron chi connectivity index (χ1n) is 12.4. The lowest BCUT2D eigenvalue weighted by atomic mass is 10.00. The molecule has 1 atom stereocenters. The van der Waals surface area contributed by atoms with E-state index in [-0.39, 0.29) is 17.2 Å². The van der Waals surface area contributed by atoms with Gasteiger partial charge in [-0.05, 0) is 56.0 Å². The van der Waals surface area contributed by atoms with Crippen LogP contribution in [0.25, 0.3) is 10.9 Å². The number of hydrogen-bond acceptors (Lipinski definition) is 5. The number of para-hydroxylation sites is 1. The van der Waals surface area contributed by atoms with Crippen LogP contribution in [-0.2, 0) is 17.9 Å². The van der Waals surface area contributed by atoms with Crippen molar-refractivity contribution in [2.75, 3.05) is 18.8 Å². The van der Waals surface area contributed by atoms with Gasteiger partial charge in [-0.15, -0.1) is 0 Å². The smallest absolute Gasteiger partial charge is 0.262 e. The van der Waals surface area contributed by atoms with Crippen LogP contribution in [0, 0.1) is 0 Å². The lowest BCUT2D eigenvalue weighted by Crippen LogP contribution is -2.40. The van der Waals surface area contributed by atoms with Crippen molar-refractivity contribution in [2.24, 2.45) is 0 Å². The average Bonchev–Trinajstić information content (AvgIpc) is 2.88. The van der Waals surface area contributed by atoms with Gasteiger partial charge in [-0.2, -0.15) is 0 Å². The van der Waals surface area contributed by atoms with E-state index in [1.165, 1.54) is 37.4 Å². The van der Waals surface area contributed by atoms with Crippen molar-refractivity contribution in [3.05, 3.63) is 69.5 Å². The van der Waals surface area contributed by atoms with E-state index in [4.69, 9.17) is 16.6 Å². The molecule has 6 nitrogen and oxygen atoms in total. The zero-order valence-electron chi connectivity index (χ0n) is 20.2. The number of carbonyl (C=O) groups excluding carboxylic acids is 1. The van der Waals surface area contributed by atoms with E-state index in [2.05, 4.69) is 17.1 Å². The molecule has 0 spiro atoms. The van der Waals surface area contributed by atoms with Gasteiger partial charge in [0.15, 0.2) is 5.16 Å². The SMILES string of the molecule is CC[C@@H]1CCCCN1CCCn1c(SCC(=O)NCc2ccccc2Cl)nc2ccccc2c1=O. The highest BCUT2D eigenvalue weighted by Gasteiger charge is 2.20. The predicted octanol–water partition coefficient (Wildman–Crippen LogP) is 5.11. The minimum Gasteiger partial charge on any atom is -0.351 e. The van der Waals surface area contributed by atoms with Crippen LogP contribution >= 0.6 is 23.4 Å². The van der Waals surface area contributed by atoms with Crippen molar-refractivity contribution in [3.8, 4) is 0 Å². The highest BCUT2D eigenvalue weighted by Crippen LogP contribution is 2.21. The molecular formula is C27H33ClN4O2S. The second-order valence-electron chi connectivity index (χ2n) is 8.97. The Morgan fingerprint density at radius 2 is 1.94 bits per heavy atom. The Hall–Kier alpha value is -2.35. The molecule has 186 valence electrons. The standard InChI is InChI=1S/C27H33ClN4O2S/c1-2-21-11-7-8-15-31(21)16-9-17-32-26(34)22-12-4-6-14-24(22)30-27(32)35-19-25(33)29-18-20-10-3-5-13-23(20)28/h3-6,10,12-14,21H,2,7-9,11,15-19H2,1H3,(H,29,33)/t21-/m1/s1. The number of amides is 1. The summed E-state index contributed by atoms with van der Waals surface area (Å²) in [5, 5.41) is 4.75. The third-order valence-corrected chi connectivity index (χ3v) is 7.99. The van der Waals surface area contributed by atoms with Gasteiger partial charge in [0.05, 0.1) is 16.7 Å². The maximum absolute atomic E-state index is 13.3. The number of aromatic nitrogens is 2. The van der Waals surface area contributed by atoms with Crippen LogP contribution in [-0.4, -0.2) is 45.2 Å². The molecule has 1 saturated heterocycles. The molecule has 1 N–H and O–H groups in total. The fourth-order valence-electron chi connectivity index (χ4n) is 4.72. The average molecular weight is 513 g/mol. The molecule has 3 aromatic rings. The van der Waals surface area contributed by atoms with Gasteiger partial charge in [-0.25, -0.2) is 4.98 Å². The van der Waals surface area contributed by atoms with Crippen LogP contribution < -0.4 is 10.9 Å². The minimum absolute atomic E-state index is 0.0414. The number of halogens is 1. The molecule has 4 rings (SSSR count). The Balaban J connectivity index is 1.44. The number of hydrogen-bond donors (Lipinski definition) is 1. The Labute approximate surface area is 216 Å². The van der Waals surface area contributed by atoms with Gasteiger partial charge in [0, 0.05) is 30.7 Å². The quantitative estimate of drug-likeness (QED) is 0.302. The van der Waals surface area contributed by atoms with E-state index < -0.39 is 0 Å². The Morgan fingerprint density at radius 3 is 2.77 bits per heavy atom. The monoisotopic (exact) mass is 512 g/mol. The number of nitrogens with zero attached hydrogens (tertiary/aromatic N) is 3. The first kappa shape index (κ1) is 25.7. The van der Waals surface area contributed by atoms with Crippen LogP contribution in [0.1, 0.15) is 44.6 Å². The summed E-state index contributed by atoms with van der Waals surface area (Å²) in [6.07, 6.45) is 5.86. The van der Waals surface area contributed by atoms with Crippen LogP contribution in [0.2, 0.25) is 5.02 Å². The second kappa shape index (κ2) is 12.6. The molecular weight excluding hydrogens is 480 g/mol. The molecule has 1 aliphatic rings. The highest BCUT2D eigenvalue weighted by molar-refractivity contribution is 7.99. The first-order valence-corrected chi connectivity index (χ1v) is 13.8. The van der Waals surface area contributed by atoms with Crippen molar-refractivity contribution in [3.63, 3.8) is 0 Å². The minimum atomic E-state index is -0.122. The summed E-state index contributed by atoms with van der Waals surface area (Å²) in [5.74, 6) is 0.0576. The number of rotatable bonds is 10. The molecule has 1 fully saturated rings. The molecule has 2 heterocycles. The second-order valence-corrected chi connectivity index (χ2v) is 10.3. The van der Waals surface area contributed by atoms with Gasteiger partial charge in [0.25, 0.3) is 5.56 Å². The van der Waals surface area contributed by atoms with Gasteiger partial charge in [0.1, 0.15) is 0 Å². The number of fused-ring (bicyclic) bond motifs is 1. The molecule has 8 heteroatoms. The molecule has 1 aliphatic heterocycles. The summed E-state index contributed by atoms with van der Waals surface area (Å²) < 4.78 is 1.75.